The molecular weight excluding hydrogens is 307 g/mol. The number of hydrogen-bond donors (Lipinski definition) is 1. The van der Waals surface area contributed by atoms with E-state index in [4.69, 9.17) is 10.00 Å². The largest absolute Gasteiger partial charge is 0.479 e. The molecule has 5 heteroatoms. The van der Waals surface area contributed by atoms with Gasteiger partial charge in [0.1, 0.15) is 17.6 Å². The average molecular weight is 322 g/mol. The van der Waals surface area contributed by atoms with E-state index in [1.165, 1.54) is 12.1 Å². The molecule has 2 aromatic carbocycles. The second-order valence-electron chi connectivity index (χ2n) is 5.60. The maximum absolute atomic E-state index is 13.6. The van der Waals surface area contributed by atoms with Crippen LogP contribution in [0, 0.1) is 31.0 Å². The number of pyridine rings is 1. The third-order valence-electron chi connectivity index (χ3n) is 3.94. The Morgan fingerprint density at radius 3 is 2.54 bits per heavy atom. The monoisotopic (exact) mass is 322 g/mol. The molecule has 0 unspecified atom stereocenters. The van der Waals surface area contributed by atoms with Crippen molar-refractivity contribution in [1.29, 1.82) is 5.26 Å². The van der Waals surface area contributed by atoms with E-state index in [-0.39, 0.29) is 18.0 Å². The number of fused-ring (bicyclic) bond motifs is 1. The number of nitrogens with zero attached hydrogens (tertiary/aromatic N) is 1. The average Bonchev–Trinajstić information content (AvgIpc) is 2.54. The second kappa shape index (κ2) is 6.17. The van der Waals surface area contributed by atoms with Gasteiger partial charge in [-0.3, -0.25) is 4.79 Å². The van der Waals surface area contributed by atoms with Crippen molar-refractivity contribution in [3.8, 4) is 22.9 Å². The summed E-state index contributed by atoms with van der Waals surface area (Å²) in [7, 11) is 0. The van der Waals surface area contributed by atoms with Crippen molar-refractivity contribution in [3.05, 3.63) is 63.8 Å². The number of H-pyrrole nitrogens is 1. The van der Waals surface area contributed by atoms with Crippen LogP contribution in [0.2, 0.25) is 0 Å². The highest BCUT2D eigenvalue weighted by molar-refractivity contribution is 5.97. The molecular formula is C19H15FN2O2. The molecule has 0 fully saturated rings. The minimum Gasteiger partial charge on any atom is -0.479 e. The Labute approximate surface area is 138 Å². The summed E-state index contributed by atoms with van der Waals surface area (Å²) in [5.41, 5.74) is 3.07. The van der Waals surface area contributed by atoms with Crippen molar-refractivity contribution in [3.63, 3.8) is 0 Å². The van der Waals surface area contributed by atoms with E-state index in [0.29, 0.717) is 11.1 Å². The Morgan fingerprint density at radius 1 is 1.17 bits per heavy atom. The Kier molecular flexibility index (Phi) is 4.05. The van der Waals surface area contributed by atoms with Crippen molar-refractivity contribution >= 4 is 10.8 Å². The Hall–Kier alpha value is -3.13. The van der Waals surface area contributed by atoms with Crippen LogP contribution in [0.4, 0.5) is 4.39 Å². The molecule has 3 aromatic rings. The lowest BCUT2D eigenvalue weighted by molar-refractivity contribution is 0.368. The van der Waals surface area contributed by atoms with Gasteiger partial charge in [-0.05, 0) is 66.3 Å². The fraction of sp³-hybridized carbons (Fsp3) is 0.158. The zero-order chi connectivity index (χ0) is 17.3. The van der Waals surface area contributed by atoms with E-state index in [1.54, 1.807) is 24.4 Å². The molecule has 0 atom stereocenters. The maximum atomic E-state index is 13.6. The molecule has 0 amide bonds. The number of hydrogen-bond acceptors (Lipinski definition) is 3. The van der Waals surface area contributed by atoms with Crippen LogP contribution in [0.3, 0.4) is 0 Å². The summed E-state index contributed by atoms with van der Waals surface area (Å²) in [6, 6.07) is 9.96. The van der Waals surface area contributed by atoms with Gasteiger partial charge in [-0.15, -0.1) is 0 Å². The second-order valence-corrected chi connectivity index (χ2v) is 5.60. The number of nitriles is 1. The zero-order valence-corrected chi connectivity index (χ0v) is 13.3. The van der Waals surface area contributed by atoms with E-state index < -0.39 is 0 Å². The summed E-state index contributed by atoms with van der Waals surface area (Å²) < 4.78 is 18.8. The van der Waals surface area contributed by atoms with Gasteiger partial charge in [0.15, 0.2) is 6.61 Å². The highest BCUT2D eigenvalue weighted by Crippen LogP contribution is 2.33. The number of nitrogens with one attached hydrogen (secondary N) is 1. The van der Waals surface area contributed by atoms with Gasteiger partial charge in [0.2, 0.25) is 0 Å². The Bertz CT molecular complexity index is 1010. The molecule has 1 N–H and O–H groups in total. The molecule has 3 rings (SSSR count). The summed E-state index contributed by atoms with van der Waals surface area (Å²) >= 11 is 0. The number of halogens is 1. The summed E-state index contributed by atoms with van der Waals surface area (Å²) in [6.07, 6.45) is 1.65. The van der Waals surface area contributed by atoms with Crippen LogP contribution in [-0.4, -0.2) is 11.6 Å². The van der Waals surface area contributed by atoms with Gasteiger partial charge in [0.25, 0.3) is 5.56 Å². The first-order valence-electron chi connectivity index (χ1n) is 7.43. The highest BCUT2D eigenvalue weighted by Gasteiger charge is 2.13. The van der Waals surface area contributed by atoms with E-state index in [1.807, 2.05) is 19.9 Å². The quantitative estimate of drug-likeness (QED) is 0.796. The van der Waals surface area contributed by atoms with Crippen LogP contribution in [-0.2, 0) is 0 Å². The Balaban J connectivity index is 2.26. The summed E-state index contributed by atoms with van der Waals surface area (Å²) in [6.45, 7) is 3.60. The summed E-state index contributed by atoms with van der Waals surface area (Å²) in [5.74, 6) is 0.175. The molecule has 0 bridgehead atoms. The third-order valence-corrected chi connectivity index (χ3v) is 3.94. The number of ether oxygens (including phenoxy) is 1. The van der Waals surface area contributed by atoms with Crippen LogP contribution < -0.4 is 10.3 Å². The lowest BCUT2D eigenvalue weighted by atomic mass is 9.93. The predicted molar refractivity (Wildman–Crippen MR) is 90.5 cm³/mol. The highest BCUT2D eigenvalue weighted by atomic mass is 19.1. The molecule has 0 saturated heterocycles. The first-order valence-corrected chi connectivity index (χ1v) is 7.43. The predicted octanol–water partition coefficient (Wildman–Crippen LogP) is 3.85. The van der Waals surface area contributed by atoms with Crippen LogP contribution in [0.25, 0.3) is 21.9 Å². The van der Waals surface area contributed by atoms with Gasteiger partial charge in [0.05, 0.1) is 5.39 Å². The third kappa shape index (κ3) is 2.74. The van der Waals surface area contributed by atoms with E-state index in [2.05, 4.69) is 4.98 Å². The topological polar surface area (TPSA) is 65.9 Å². The van der Waals surface area contributed by atoms with Crippen LogP contribution in [0.1, 0.15) is 11.1 Å². The molecule has 0 aliphatic rings. The van der Waals surface area contributed by atoms with Crippen LogP contribution in [0.5, 0.6) is 5.75 Å². The van der Waals surface area contributed by atoms with Gasteiger partial charge in [-0.25, -0.2) is 4.39 Å². The molecule has 0 aliphatic heterocycles. The number of rotatable bonds is 3. The van der Waals surface area contributed by atoms with Crippen LogP contribution in [0.15, 0.2) is 41.3 Å². The number of aryl methyl sites for hydroxylation is 2. The molecule has 0 radical (unpaired) electrons. The van der Waals surface area contributed by atoms with E-state index in [9.17, 15) is 9.18 Å². The molecule has 1 heterocycles. The van der Waals surface area contributed by atoms with E-state index >= 15 is 0 Å². The van der Waals surface area contributed by atoms with Crippen LogP contribution >= 0.6 is 0 Å². The molecule has 24 heavy (non-hydrogen) atoms. The van der Waals surface area contributed by atoms with Crippen molar-refractivity contribution < 1.29 is 9.13 Å². The lowest BCUT2D eigenvalue weighted by Crippen LogP contribution is -2.07. The summed E-state index contributed by atoms with van der Waals surface area (Å²) in [5, 5.41) is 9.81. The molecule has 4 nitrogen and oxygen atoms in total. The molecule has 1 aromatic heterocycles. The van der Waals surface area contributed by atoms with Gasteiger partial charge in [0, 0.05) is 11.8 Å². The zero-order valence-electron chi connectivity index (χ0n) is 13.3. The maximum Gasteiger partial charge on any atom is 0.255 e. The smallest absolute Gasteiger partial charge is 0.255 e. The molecule has 0 spiro atoms. The molecule has 0 aliphatic carbocycles. The van der Waals surface area contributed by atoms with Gasteiger partial charge >= 0.3 is 0 Å². The first-order chi connectivity index (χ1) is 11.5. The van der Waals surface area contributed by atoms with Gasteiger partial charge < -0.3 is 9.72 Å². The summed E-state index contributed by atoms with van der Waals surface area (Å²) in [4.78, 5) is 14.9. The van der Waals surface area contributed by atoms with Crippen molar-refractivity contribution in [2.45, 2.75) is 13.8 Å². The molecule has 120 valence electrons. The van der Waals surface area contributed by atoms with Gasteiger partial charge in [-0.1, -0.05) is 0 Å². The number of benzene rings is 2. The molecule has 0 saturated carbocycles. The SMILES string of the molecule is Cc1cc(F)cc(C)c1-c1c[nH]c(=O)c2cc(OCC#N)ccc12. The van der Waals surface area contributed by atoms with Gasteiger partial charge in [-0.2, -0.15) is 5.26 Å². The normalized spacial score (nSPS) is 10.6. The lowest BCUT2D eigenvalue weighted by Gasteiger charge is -2.13. The van der Waals surface area contributed by atoms with Crippen molar-refractivity contribution in [2.24, 2.45) is 0 Å². The first kappa shape index (κ1) is 15.8. The van der Waals surface area contributed by atoms with Crippen molar-refractivity contribution in [1.82, 2.24) is 4.98 Å². The Morgan fingerprint density at radius 2 is 1.88 bits per heavy atom. The standard InChI is InChI=1S/C19H15FN2O2/c1-11-7-13(20)8-12(2)18(11)17-10-22-19(23)16-9-14(24-6-5-21)3-4-15(16)17/h3-4,7-10H,6H2,1-2H3,(H,22,23). The number of aromatic amines is 1. The number of aromatic nitrogens is 1. The van der Waals surface area contributed by atoms with E-state index in [0.717, 1.165) is 27.6 Å². The minimum absolute atomic E-state index is 0.0840. The fourth-order valence-corrected chi connectivity index (χ4v) is 2.99. The fourth-order valence-electron chi connectivity index (χ4n) is 2.99. The minimum atomic E-state index is -0.283. The van der Waals surface area contributed by atoms with Crippen molar-refractivity contribution in [2.75, 3.05) is 6.61 Å².